The average molecular weight is 362 g/mol. The van der Waals surface area contributed by atoms with Crippen LogP contribution in [0.1, 0.15) is 25.0 Å². The van der Waals surface area contributed by atoms with Crippen LogP contribution >= 0.6 is 0 Å². The summed E-state index contributed by atoms with van der Waals surface area (Å²) < 4.78 is 7.32. The van der Waals surface area contributed by atoms with E-state index < -0.39 is 0 Å². The minimum Gasteiger partial charge on any atom is -0.494 e. The van der Waals surface area contributed by atoms with E-state index in [1.807, 2.05) is 73.1 Å². The molecule has 27 heavy (non-hydrogen) atoms. The molecule has 0 aliphatic rings. The Kier molecular flexibility index (Phi) is 5.99. The predicted octanol–water partition coefficient (Wildman–Crippen LogP) is 3.35. The zero-order chi connectivity index (χ0) is 19.1. The molecule has 0 bridgehead atoms. The molecule has 0 unspecified atom stereocenters. The van der Waals surface area contributed by atoms with Gasteiger partial charge in [0.25, 0.3) is 0 Å². The smallest absolute Gasteiger partial charge is 0.244 e. The third-order valence-electron chi connectivity index (χ3n) is 4.03. The lowest BCUT2D eigenvalue weighted by atomic mass is 10.1. The highest BCUT2D eigenvalue weighted by Gasteiger charge is 2.04. The number of rotatable bonds is 7. The van der Waals surface area contributed by atoms with Gasteiger partial charge in [-0.3, -0.25) is 4.79 Å². The molecule has 6 nitrogen and oxygen atoms in total. The summed E-state index contributed by atoms with van der Waals surface area (Å²) in [6.45, 7) is 4.42. The van der Waals surface area contributed by atoms with Crippen molar-refractivity contribution >= 4 is 11.6 Å². The largest absolute Gasteiger partial charge is 0.494 e. The van der Waals surface area contributed by atoms with E-state index in [-0.39, 0.29) is 12.3 Å². The number of nitrogens with zero attached hydrogens (tertiary/aromatic N) is 3. The molecular formula is C21H22N4O2. The van der Waals surface area contributed by atoms with Crippen molar-refractivity contribution in [1.82, 2.24) is 15.0 Å². The Morgan fingerprint density at radius 2 is 1.89 bits per heavy atom. The number of nitrogens with one attached hydrogen (secondary N) is 1. The highest BCUT2D eigenvalue weighted by atomic mass is 16.5. The van der Waals surface area contributed by atoms with Crippen LogP contribution in [-0.4, -0.2) is 27.8 Å². The van der Waals surface area contributed by atoms with E-state index in [1.54, 1.807) is 12.5 Å². The number of ether oxygens (including phenoxy) is 1. The first kappa shape index (κ1) is 18.4. The predicted molar refractivity (Wildman–Crippen MR) is 105 cm³/mol. The van der Waals surface area contributed by atoms with E-state index in [1.165, 1.54) is 0 Å². The third kappa shape index (κ3) is 5.04. The monoisotopic (exact) mass is 362 g/mol. The normalized spacial score (nSPS) is 11.3. The Balaban J connectivity index is 1.57. The lowest BCUT2D eigenvalue weighted by Gasteiger charge is -2.06. The first-order chi connectivity index (χ1) is 13.2. The van der Waals surface area contributed by atoms with Crippen molar-refractivity contribution in [3.05, 3.63) is 78.4 Å². The quantitative estimate of drug-likeness (QED) is 0.518. The topological polar surface area (TPSA) is 68.5 Å². The maximum absolute atomic E-state index is 12.1. The van der Waals surface area contributed by atoms with Gasteiger partial charge in [0.1, 0.15) is 5.75 Å². The molecule has 1 aromatic heterocycles. The molecule has 1 heterocycles. The molecule has 1 amide bonds. The van der Waals surface area contributed by atoms with Gasteiger partial charge >= 0.3 is 0 Å². The fourth-order valence-corrected chi connectivity index (χ4v) is 2.59. The van der Waals surface area contributed by atoms with Crippen LogP contribution in [0, 0.1) is 0 Å². The number of hydrogen-bond acceptors (Lipinski definition) is 4. The number of hydrazone groups is 1. The second-order valence-electron chi connectivity index (χ2n) is 6.00. The maximum Gasteiger partial charge on any atom is 0.244 e. The third-order valence-corrected chi connectivity index (χ3v) is 4.03. The second kappa shape index (κ2) is 8.80. The molecule has 0 aliphatic carbocycles. The van der Waals surface area contributed by atoms with Gasteiger partial charge in [0.15, 0.2) is 0 Å². The van der Waals surface area contributed by atoms with E-state index >= 15 is 0 Å². The Morgan fingerprint density at radius 1 is 1.15 bits per heavy atom. The Morgan fingerprint density at radius 3 is 2.52 bits per heavy atom. The van der Waals surface area contributed by atoms with Crippen molar-refractivity contribution in [2.24, 2.45) is 5.10 Å². The van der Waals surface area contributed by atoms with Gasteiger partial charge < -0.3 is 9.30 Å². The van der Waals surface area contributed by atoms with Gasteiger partial charge in [-0.1, -0.05) is 24.3 Å². The summed E-state index contributed by atoms with van der Waals surface area (Å²) in [7, 11) is 0. The minimum atomic E-state index is -0.159. The summed E-state index contributed by atoms with van der Waals surface area (Å²) in [5, 5.41) is 4.20. The Bertz CT molecular complexity index is 898. The number of hydrogen-bond donors (Lipinski definition) is 1. The summed E-state index contributed by atoms with van der Waals surface area (Å²) in [6, 6.07) is 15.4. The van der Waals surface area contributed by atoms with Crippen LogP contribution in [-0.2, 0) is 11.2 Å². The summed E-state index contributed by atoms with van der Waals surface area (Å²) >= 11 is 0. The molecule has 0 atom stereocenters. The molecular weight excluding hydrogens is 340 g/mol. The highest BCUT2D eigenvalue weighted by Crippen LogP contribution is 2.13. The van der Waals surface area contributed by atoms with Crippen molar-refractivity contribution in [3.63, 3.8) is 0 Å². The Hall–Kier alpha value is -3.41. The molecule has 0 aliphatic heterocycles. The van der Waals surface area contributed by atoms with E-state index in [0.717, 1.165) is 28.3 Å². The van der Waals surface area contributed by atoms with Crippen molar-refractivity contribution in [1.29, 1.82) is 0 Å². The molecule has 0 fully saturated rings. The minimum absolute atomic E-state index is 0.159. The molecule has 3 aromatic rings. The molecule has 3 rings (SSSR count). The van der Waals surface area contributed by atoms with Crippen LogP contribution < -0.4 is 10.2 Å². The Labute approximate surface area is 158 Å². The molecule has 0 saturated heterocycles. The van der Waals surface area contributed by atoms with Crippen LogP contribution in [0.5, 0.6) is 5.75 Å². The molecule has 138 valence electrons. The van der Waals surface area contributed by atoms with Gasteiger partial charge in [-0.15, -0.1) is 0 Å². The second-order valence-corrected chi connectivity index (χ2v) is 6.00. The molecule has 1 N–H and O–H groups in total. The number of benzene rings is 2. The lowest BCUT2D eigenvalue weighted by Crippen LogP contribution is -2.21. The SMILES string of the molecule is CCOc1ccc(CC(=O)NN=C(C)c2ccc(-n3ccnc3)cc2)cc1. The molecule has 0 spiro atoms. The van der Waals surface area contributed by atoms with Gasteiger partial charge in [0.05, 0.1) is 25.1 Å². The number of imidazole rings is 1. The van der Waals surface area contributed by atoms with Gasteiger partial charge in [0.2, 0.25) is 5.91 Å². The van der Waals surface area contributed by atoms with Crippen LogP contribution in [0.15, 0.2) is 72.4 Å². The van der Waals surface area contributed by atoms with E-state index in [2.05, 4.69) is 15.5 Å². The van der Waals surface area contributed by atoms with Crippen LogP contribution in [0.25, 0.3) is 5.69 Å². The summed E-state index contributed by atoms with van der Waals surface area (Å²) in [4.78, 5) is 16.1. The lowest BCUT2D eigenvalue weighted by molar-refractivity contribution is -0.120. The van der Waals surface area contributed by atoms with E-state index in [9.17, 15) is 4.79 Å². The zero-order valence-corrected chi connectivity index (χ0v) is 15.4. The highest BCUT2D eigenvalue weighted by molar-refractivity contribution is 5.99. The van der Waals surface area contributed by atoms with Gasteiger partial charge in [-0.05, 0) is 49.2 Å². The molecule has 0 saturated carbocycles. The van der Waals surface area contributed by atoms with Crippen molar-refractivity contribution in [2.45, 2.75) is 20.3 Å². The van der Waals surface area contributed by atoms with Crippen molar-refractivity contribution in [3.8, 4) is 11.4 Å². The van der Waals surface area contributed by atoms with Crippen molar-refractivity contribution < 1.29 is 9.53 Å². The van der Waals surface area contributed by atoms with Crippen LogP contribution in [0.2, 0.25) is 0 Å². The number of aromatic nitrogens is 2. The maximum atomic E-state index is 12.1. The fraction of sp³-hybridized carbons (Fsp3) is 0.190. The summed E-state index contributed by atoms with van der Waals surface area (Å²) in [5.74, 6) is 0.642. The fourth-order valence-electron chi connectivity index (χ4n) is 2.59. The average Bonchev–Trinajstić information content (AvgIpc) is 3.23. The number of carbonyl (C=O) groups is 1. The molecule has 0 radical (unpaired) electrons. The van der Waals surface area contributed by atoms with Gasteiger partial charge in [-0.25, -0.2) is 10.4 Å². The van der Waals surface area contributed by atoms with Crippen LogP contribution in [0.4, 0.5) is 0 Å². The molecule has 6 heteroatoms. The summed E-state index contributed by atoms with van der Waals surface area (Å²) in [6.07, 6.45) is 5.64. The van der Waals surface area contributed by atoms with Crippen LogP contribution in [0.3, 0.4) is 0 Å². The first-order valence-corrected chi connectivity index (χ1v) is 8.79. The number of amides is 1. The van der Waals surface area contributed by atoms with Gasteiger partial charge in [0, 0.05) is 18.1 Å². The van der Waals surface area contributed by atoms with E-state index in [4.69, 9.17) is 4.74 Å². The summed E-state index contributed by atoms with van der Waals surface area (Å²) in [5.41, 5.74) is 6.23. The van der Waals surface area contributed by atoms with Crippen molar-refractivity contribution in [2.75, 3.05) is 6.61 Å². The first-order valence-electron chi connectivity index (χ1n) is 8.79. The molecule has 2 aromatic carbocycles. The van der Waals surface area contributed by atoms with E-state index in [0.29, 0.717) is 6.61 Å². The standard InChI is InChI=1S/C21H22N4O2/c1-3-27-20-10-4-17(5-11-20)14-21(26)24-23-16(2)18-6-8-19(9-7-18)25-13-12-22-15-25/h4-13,15H,3,14H2,1-2H3,(H,24,26). The van der Waals surface area contributed by atoms with Gasteiger partial charge in [-0.2, -0.15) is 5.10 Å². The number of carbonyl (C=O) groups excluding carboxylic acids is 1. The zero-order valence-electron chi connectivity index (χ0n) is 15.4.